The number of anilines is 1. The molecule has 0 bridgehead atoms. The fourth-order valence-corrected chi connectivity index (χ4v) is 2.54. The van der Waals surface area contributed by atoms with Crippen LogP contribution in [0.2, 0.25) is 0 Å². The third-order valence-electron chi connectivity index (χ3n) is 2.48. The Kier molecular flexibility index (Phi) is 6.02. The number of rotatable bonds is 5. The van der Waals surface area contributed by atoms with E-state index < -0.39 is 10.2 Å². The van der Waals surface area contributed by atoms with Crippen molar-refractivity contribution in [1.29, 1.82) is 0 Å². The molecule has 0 spiro atoms. The van der Waals surface area contributed by atoms with Crippen LogP contribution in [-0.2, 0) is 10.2 Å². The van der Waals surface area contributed by atoms with Gasteiger partial charge in [-0.2, -0.15) is 13.1 Å². The molecule has 0 fully saturated rings. The van der Waals surface area contributed by atoms with Gasteiger partial charge in [-0.15, -0.1) is 0 Å². The van der Waals surface area contributed by atoms with Crippen molar-refractivity contribution in [2.45, 2.75) is 20.8 Å². The summed E-state index contributed by atoms with van der Waals surface area (Å²) in [6.45, 7) is 5.81. The minimum absolute atomic E-state index is 0.231. The third-order valence-corrected chi connectivity index (χ3v) is 3.51. The zero-order chi connectivity index (χ0) is 15.2. The van der Waals surface area contributed by atoms with E-state index in [0.717, 1.165) is 5.56 Å². The standard InChI is InChI=1S/C14H20N2O3S/c1-11(2)10-15-20(18,19)16-14-9-13(5-4-8-17)7-6-12(14)3/h6-7,9,11,15-17H,8,10H2,1-3H3. The van der Waals surface area contributed by atoms with Gasteiger partial charge < -0.3 is 5.11 Å². The molecule has 0 aliphatic carbocycles. The van der Waals surface area contributed by atoms with E-state index in [1.165, 1.54) is 0 Å². The number of aliphatic hydroxyl groups excluding tert-OH is 1. The van der Waals surface area contributed by atoms with E-state index in [9.17, 15) is 8.42 Å². The van der Waals surface area contributed by atoms with Crippen molar-refractivity contribution in [3.63, 3.8) is 0 Å². The summed E-state index contributed by atoms with van der Waals surface area (Å²) in [4.78, 5) is 0. The van der Waals surface area contributed by atoms with Crippen molar-refractivity contribution in [1.82, 2.24) is 4.72 Å². The predicted molar refractivity (Wildman–Crippen MR) is 80.5 cm³/mol. The summed E-state index contributed by atoms with van der Waals surface area (Å²) in [6.07, 6.45) is 0. The number of aliphatic hydroxyl groups is 1. The maximum absolute atomic E-state index is 11.9. The first-order valence-electron chi connectivity index (χ1n) is 6.32. The first-order valence-corrected chi connectivity index (χ1v) is 7.80. The highest BCUT2D eigenvalue weighted by Gasteiger charge is 2.11. The average molecular weight is 296 g/mol. The molecule has 20 heavy (non-hydrogen) atoms. The van der Waals surface area contributed by atoms with Gasteiger partial charge in [0.2, 0.25) is 0 Å². The van der Waals surface area contributed by atoms with E-state index in [4.69, 9.17) is 5.11 Å². The summed E-state index contributed by atoms with van der Waals surface area (Å²) in [5.74, 6) is 5.50. The van der Waals surface area contributed by atoms with E-state index >= 15 is 0 Å². The second-order valence-corrected chi connectivity index (χ2v) is 6.34. The minimum atomic E-state index is -3.59. The molecule has 3 N–H and O–H groups in total. The molecule has 110 valence electrons. The van der Waals surface area contributed by atoms with Crippen LogP contribution in [0.4, 0.5) is 5.69 Å². The quantitative estimate of drug-likeness (QED) is 0.715. The summed E-state index contributed by atoms with van der Waals surface area (Å²) in [7, 11) is -3.59. The molecule has 0 radical (unpaired) electrons. The molecule has 1 rings (SSSR count). The van der Waals surface area contributed by atoms with Crippen molar-refractivity contribution in [3.8, 4) is 11.8 Å². The first kappa shape index (κ1) is 16.5. The Balaban J connectivity index is 2.91. The third kappa shape index (κ3) is 5.61. The summed E-state index contributed by atoms with van der Waals surface area (Å²) < 4.78 is 28.7. The van der Waals surface area contributed by atoms with Crippen molar-refractivity contribution >= 4 is 15.9 Å². The number of benzene rings is 1. The second-order valence-electron chi connectivity index (χ2n) is 4.84. The van der Waals surface area contributed by atoms with E-state index in [-0.39, 0.29) is 12.5 Å². The summed E-state index contributed by atoms with van der Waals surface area (Å²) in [6, 6.07) is 5.20. The van der Waals surface area contributed by atoms with Crippen LogP contribution < -0.4 is 9.44 Å². The Morgan fingerprint density at radius 1 is 1.35 bits per heavy atom. The van der Waals surface area contributed by atoms with Gasteiger partial charge in [-0.1, -0.05) is 31.8 Å². The summed E-state index contributed by atoms with van der Waals surface area (Å²) in [5, 5.41) is 8.66. The number of hydrogen-bond acceptors (Lipinski definition) is 3. The normalized spacial score (nSPS) is 11.1. The van der Waals surface area contributed by atoms with E-state index in [2.05, 4.69) is 21.3 Å². The van der Waals surface area contributed by atoms with Gasteiger partial charge >= 0.3 is 0 Å². The highest BCUT2D eigenvalue weighted by Crippen LogP contribution is 2.17. The molecule has 6 heteroatoms. The molecule has 0 heterocycles. The number of hydrogen-bond donors (Lipinski definition) is 3. The van der Waals surface area contributed by atoms with Gasteiger partial charge in [0.15, 0.2) is 0 Å². The SMILES string of the molecule is Cc1ccc(C#CCO)cc1NS(=O)(=O)NCC(C)C. The Morgan fingerprint density at radius 3 is 2.65 bits per heavy atom. The fraction of sp³-hybridized carbons (Fsp3) is 0.429. The summed E-state index contributed by atoms with van der Waals surface area (Å²) >= 11 is 0. The lowest BCUT2D eigenvalue weighted by Crippen LogP contribution is -2.33. The van der Waals surface area contributed by atoms with Crippen molar-refractivity contribution in [2.24, 2.45) is 5.92 Å². The molecular weight excluding hydrogens is 276 g/mol. The van der Waals surface area contributed by atoms with Crippen LogP contribution in [0.15, 0.2) is 18.2 Å². The monoisotopic (exact) mass is 296 g/mol. The molecule has 5 nitrogen and oxygen atoms in total. The van der Waals surface area contributed by atoms with Crippen LogP contribution in [0, 0.1) is 24.7 Å². The van der Waals surface area contributed by atoms with E-state index in [1.807, 2.05) is 20.8 Å². The zero-order valence-electron chi connectivity index (χ0n) is 11.9. The number of nitrogens with one attached hydrogen (secondary N) is 2. The molecule has 1 aromatic carbocycles. The molecule has 0 amide bonds. The highest BCUT2D eigenvalue weighted by atomic mass is 32.2. The molecule has 0 saturated heterocycles. The van der Waals surface area contributed by atoms with Crippen molar-refractivity contribution in [2.75, 3.05) is 17.9 Å². The zero-order valence-corrected chi connectivity index (χ0v) is 12.7. The highest BCUT2D eigenvalue weighted by molar-refractivity contribution is 7.90. The Hall–Kier alpha value is -1.55. The van der Waals surface area contributed by atoms with Gasteiger partial charge in [-0.05, 0) is 30.5 Å². The van der Waals surface area contributed by atoms with Crippen LogP contribution in [0.1, 0.15) is 25.0 Å². The number of aryl methyl sites for hydroxylation is 1. The smallest absolute Gasteiger partial charge is 0.299 e. The lowest BCUT2D eigenvalue weighted by Gasteiger charge is -2.13. The first-order chi connectivity index (χ1) is 9.34. The second kappa shape index (κ2) is 7.29. The van der Waals surface area contributed by atoms with Gasteiger partial charge in [0.1, 0.15) is 6.61 Å². The lowest BCUT2D eigenvalue weighted by atomic mass is 10.1. The van der Waals surface area contributed by atoms with Crippen LogP contribution >= 0.6 is 0 Å². The van der Waals surface area contributed by atoms with Crippen molar-refractivity contribution < 1.29 is 13.5 Å². The topological polar surface area (TPSA) is 78.4 Å². The Labute approximate surface area is 120 Å². The molecule has 0 unspecified atom stereocenters. The molecule has 0 saturated carbocycles. The van der Waals surface area contributed by atoms with Gasteiger partial charge in [0.05, 0.1) is 5.69 Å². The lowest BCUT2D eigenvalue weighted by molar-refractivity contribution is 0.350. The molecule has 0 aliphatic heterocycles. The fourth-order valence-electron chi connectivity index (χ4n) is 1.41. The van der Waals surface area contributed by atoms with E-state index in [1.54, 1.807) is 18.2 Å². The van der Waals surface area contributed by atoms with Gasteiger partial charge in [0.25, 0.3) is 10.2 Å². The van der Waals surface area contributed by atoms with E-state index in [0.29, 0.717) is 17.8 Å². The van der Waals surface area contributed by atoms with Gasteiger partial charge in [0, 0.05) is 12.1 Å². The minimum Gasteiger partial charge on any atom is -0.384 e. The van der Waals surface area contributed by atoms with Crippen LogP contribution in [0.25, 0.3) is 0 Å². The van der Waals surface area contributed by atoms with Gasteiger partial charge in [-0.25, -0.2) is 0 Å². The van der Waals surface area contributed by atoms with Crippen LogP contribution in [-0.4, -0.2) is 26.7 Å². The molecule has 0 atom stereocenters. The predicted octanol–water partition coefficient (Wildman–Crippen LogP) is 1.24. The maximum atomic E-state index is 11.9. The van der Waals surface area contributed by atoms with Crippen LogP contribution in [0.5, 0.6) is 0 Å². The van der Waals surface area contributed by atoms with Gasteiger partial charge in [-0.3, -0.25) is 4.72 Å². The Bertz CT molecular complexity index is 613. The largest absolute Gasteiger partial charge is 0.384 e. The average Bonchev–Trinajstić information content (AvgIpc) is 2.37. The maximum Gasteiger partial charge on any atom is 0.299 e. The summed E-state index contributed by atoms with van der Waals surface area (Å²) in [5.41, 5.74) is 1.92. The van der Waals surface area contributed by atoms with Crippen LogP contribution in [0.3, 0.4) is 0 Å². The molecular formula is C14H20N2O3S. The molecule has 0 aromatic heterocycles. The Morgan fingerprint density at radius 2 is 2.05 bits per heavy atom. The molecule has 1 aromatic rings. The van der Waals surface area contributed by atoms with Crippen molar-refractivity contribution in [3.05, 3.63) is 29.3 Å². The molecule has 0 aliphatic rings.